The van der Waals surface area contributed by atoms with Crippen molar-refractivity contribution in [1.82, 2.24) is 9.97 Å². The number of hydrogen-bond acceptors (Lipinski definition) is 3. The molecule has 0 radical (unpaired) electrons. The zero-order valence-electron chi connectivity index (χ0n) is 11.3. The minimum atomic E-state index is -0.0641. The zero-order chi connectivity index (χ0) is 14.8. The van der Waals surface area contributed by atoms with E-state index >= 15 is 0 Å². The lowest BCUT2D eigenvalue weighted by atomic mass is 10.2. The first-order valence-corrected chi connectivity index (χ1v) is 7.19. The highest BCUT2D eigenvalue weighted by atomic mass is 79.9. The van der Waals surface area contributed by atoms with Gasteiger partial charge in [0.2, 0.25) is 0 Å². The van der Waals surface area contributed by atoms with E-state index < -0.39 is 0 Å². The van der Waals surface area contributed by atoms with Gasteiger partial charge in [0, 0.05) is 35.2 Å². The van der Waals surface area contributed by atoms with Crippen molar-refractivity contribution in [1.29, 1.82) is 0 Å². The van der Waals surface area contributed by atoms with Crippen LogP contribution in [0.1, 0.15) is 10.4 Å². The molecule has 0 unspecified atom stereocenters. The Morgan fingerprint density at radius 3 is 2.38 bits per heavy atom. The number of amides is 1. The summed E-state index contributed by atoms with van der Waals surface area (Å²) in [6.45, 7) is 0. The number of carbonyl (C=O) groups excluding carboxylic acids is 1. The molecule has 0 bridgehead atoms. The van der Waals surface area contributed by atoms with Gasteiger partial charge in [-0.1, -0.05) is 15.9 Å². The predicted octanol–water partition coefficient (Wildman–Crippen LogP) is 3.67. The molecule has 1 aromatic heterocycles. The number of hydrogen-bond donors (Lipinski definition) is 0. The third-order valence-electron chi connectivity index (χ3n) is 3.24. The van der Waals surface area contributed by atoms with Crippen molar-refractivity contribution in [3.63, 3.8) is 0 Å². The highest BCUT2D eigenvalue weighted by Crippen LogP contribution is 2.20. The number of nitrogens with zero attached hydrogens (tertiary/aromatic N) is 3. The molecule has 0 aliphatic carbocycles. The van der Waals surface area contributed by atoms with Crippen molar-refractivity contribution in [3.05, 3.63) is 64.9 Å². The molecule has 0 aliphatic rings. The van der Waals surface area contributed by atoms with Crippen LogP contribution in [0.3, 0.4) is 0 Å². The van der Waals surface area contributed by atoms with Crippen LogP contribution in [-0.4, -0.2) is 22.9 Å². The minimum absolute atomic E-state index is 0.0641. The Morgan fingerprint density at radius 1 is 1.00 bits per heavy atom. The Bertz CT molecular complexity index is 802. The molecular formula is C16H12BrN3O. The second-order valence-corrected chi connectivity index (χ2v) is 5.52. The summed E-state index contributed by atoms with van der Waals surface area (Å²) in [6, 6.07) is 12.9. The summed E-state index contributed by atoms with van der Waals surface area (Å²) in [5.74, 6) is -0.0641. The first-order chi connectivity index (χ1) is 10.1. The van der Waals surface area contributed by atoms with Gasteiger partial charge in [0.25, 0.3) is 5.91 Å². The van der Waals surface area contributed by atoms with E-state index in [1.807, 2.05) is 30.3 Å². The maximum Gasteiger partial charge on any atom is 0.258 e. The number of fused-ring (bicyclic) bond motifs is 1. The first-order valence-electron chi connectivity index (χ1n) is 6.39. The number of anilines is 1. The van der Waals surface area contributed by atoms with Gasteiger partial charge in [-0.15, -0.1) is 0 Å². The predicted molar refractivity (Wildman–Crippen MR) is 86.4 cm³/mol. The second-order valence-electron chi connectivity index (χ2n) is 4.60. The quantitative estimate of drug-likeness (QED) is 0.714. The van der Waals surface area contributed by atoms with Gasteiger partial charge in [0.15, 0.2) is 0 Å². The summed E-state index contributed by atoms with van der Waals surface area (Å²) in [5, 5.41) is 0. The SMILES string of the molecule is CN(C(=O)c1ccc(Br)cc1)c1ccc2nccnc2c1. The highest BCUT2D eigenvalue weighted by Gasteiger charge is 2.13. The summed E-state index contributed by atoms with van der Waals surface area (Å²) < 4.78 is 0.947. The van der Waals surface area contributed by atoms with Gasteiger partial charge in [0.05, 0.1) is 11.0 Å². The molecule has 104 valence electrons. The van der Waals surface area contributed by atoms with Crippen molar-refractivity contribution in [2.45, 2.75) is 0 Å². The van der Waals surface area contributed by atoms with Gasteiger partial charge in [-0.25, -0.2) is 0 Å². The van der Waals surface area contributed by atoms with Gasteiger partial charge >= 0.3 is 0 Å². The van der Waals surface area contributed by atoms with Gasteiger partial charge in [0.1, 0.15) is 0 Å². The van der Waals surface area contributed by atoms with Crippen molar-refractivity contribution in [3.8, 4) is 0 Å². The average molecular weight is 342 g/mol. The van der Waals surface area contributed by atoms with Crippen LogP contribution >= 0.6 is 15.9 Å². The topological polar surface area (TPSA) is 46.1 Å². The summed E-state index contributed by atoms with van der Waals surface area (Å²) >= 11 is 3.36. The van der Waals surface area contributed by atoms with E-state index in [0.717, 1.165) is 21.2 Å². The molecule has 2 aromatic carbocycles. The summed E-state index contributed by atoms with van der Waals surface area (Å²) in [6.07, 6.45) is 3.29. The number of carbonyl (C=O) groups is 1. The molecular weight excluding hydrogens is 330 g/mol. The van der Waals surface area contributed by atoms with E-state index in [1.54, 1.807) is 36.5 Å². The van der Waals surface area contributed by atoms with Crippen LogP contribution in [0.2, 0.25) is 0 Å². The van der Waals surface area contributed by atoms with E-state index in [-0.39, 0.29) is 5.91 Å². The third kappa shape index (κ3) is 2.78. The molecule has 0 N–H and O–H groups in total. The molecule has 0 saturated heterocycles. The fourth-order valence-corrected chi connectivity index (χ4v) is 2.33. The number of benzene rings is 2. The molecule has 0 atom stereocenters. The smallest absolute Gasteiger partial charge is 0.258 e. The van der Waals surface area contributed by atoms with Gasteiger partial charge in [-0.3, -0.25) is 14.8 Å². The molecule has 1 heterocycles. The Hall–Kier alpha value is -2.27. The molecule has 1 amide bonds. The van der Waals surface area contributed by atoms with Crippen LogP contribution in [0.25, 0.3) is 11.0 Å². The van der Waals surface area contributed by atoms with Gasteiger partial charge in [-0.05, 0) is 42.5 Å². The van der Waals surface area contributed by atoms with E-state index in [4.69, 9.17) is 0 Å². The standard InChI is InChI=1S/C16H12BrN3O/c1-20(16(21)11-2-4-12(17)5-3-11)13-6-7-14-15(10-13)19-9-8-18-14/h2-10H,1H3. The lowest BCUT2D eigenvalue weighted by Crippen LogP contribution is -2.26. The maximum atomic E-state index is 12.5. The van der Waals surface area contributed by atoms with Crippen molar-refractivity contribution >= 4 is 38.6 Å². The number of aromatic nitrogens is 2. The molecule has 5 heteroatoms. The molecule has 21 heavy (non-hydrogen) atoms. The van der Waals surface area contributed by atoms with E-state index in [9.17, 15) is 4.79 Å². The highest BCUT2D eigenvalue weighted by molar-refractivity contribution is 9.10. The Labute approximate surface area is 130 Å². The molecule has 0 fully saturated rings. The maximum absolute atomic E-state index is 12.5. The largest absolute Gasteiger partial charge is 0.311 e. The molecule has 3 rings (SSSR count). The summed E-state index contributed by atoms with van der Waals surface area (Å²) in [5.41, 5.74) is 3.01. The third-order valence-corrected chi connectivity index (χ3v) is 3.76. The molecule has 3 aromatic rings. The van der Waals surface area contributed by atoms with Crippen LogP contribution in [0.5, 0.6) is 0 Å². The van der Waals surface area contributed by atoms with Crippen molar-refractivity contribution in [2.24, 2.45) is 0 Å². The molecule has 0 aliphatic heterocycles. The second kappa shape index (κ2) is 5.61. The molecule has 0 spiro atoms. The normalized spacial score (nSPS) is 10.6. The lowest BCUT2D eigenvalue weighted by molar-refractivity contribution is 0.0993. The van der Waals surface area contributed by atoms with Crippen LogP contribution in [0, 0.1) is 0 Å². The van der Waals surface area contributed by atoms with E-state index in [0.29, 0.717) is 5.56 Å². The van der Waals surface area contributed by atoms with E-state index in [1.165, 1.54) is 0 Å². The zero-order valence-corrected chi connectivity index (χ0v) is 12.9. The molecule has 4 nitrogen and oxygen atoms in total. The van der Waals surface area contributed by atoms with Crippen LogP contribution in [0.4, 0.5) is 5.69 Å². The number of rotatable bonds is 2. The van der Waals surface area contributed by atoms with Crippen LogP contribution < -0.4 is 4.90 Å². The Morgan fingerprint density at radius 2 is 1.67 bits per heavy atom. The fraction of sp³-hybridized carbons (Fsp3) is 0.0625. The first kappa shape index (κ1) is 13.7. The minimum Gasteiger partial charge on any atom is -0.311 e. The summed E-state index contributed by atoms with van der Waals surface area (Å²) in [4.78, 5) is 22.6. The van der Waals surface area contributed by atoms with E-state index in [2.05, 4.69) is 25.9 Å². The van der Waals surface area contributed by atoms with Gasteiger partial charge in [-0.2, -0.15) is 0 Å². The lowest BCUT2D eigenvalue weighted by Gasteiger charge is -2.17. The van der Waals surface area contributed by atoms with Gasteiger partial charge < -0.3 is 4.90 Å². The Kier molecular flexibility index (Phi) is 3.66. The van der Waals surface area contributed by atoms with Crippen LogP contribution in [-0.2, 0) is 0 Å². The van der Waals surface area contributed by atoms with Crippen molar-refractivity contribution in [2.75, 3.05) is 11.9 Å². The summed E-state index contributed by atoms with van der Waals surface area (Å²) in [7, 11) is 1.75. The van der Waals surface area contributed by atoms with Crippen LogP contribution in [0.15, 0.2) is 59.3 Å². The molecule has 0 saturated carbocycles. The average Bonchev–Trinajstić information content (AvgIpc) is 2.54. The monoisotopic (exact) mass is 341 g/mol. The van der Waals surface area contributed by atoms with Crippen molar-refractivity contribution < 1.29 is 4.79 Å². The number of halogens is 1. The fourth-order valence-electron chi connectivity index (χ4n) is 2.06. The Balaban J connectivity index is 1.93.